The Labute approximate surface area is 216 Å². The summed E-state index contributed by atoms with van der Waals surface area (Å²) >= 11 is 0. The topological polar surface area (TPSA) is 54.5 Å². The van der Waals surface area contributed by atoms with Crippen molar-refractivity contribution in [3.8, 4) is 0 Å². The van der Waals surface area contributed by atoms with Gasteiger partial charge in [0.25, 0.3) is 5.92 Å². The molecule has 0 bridgehead atoms. The van der Waals surface area contributed by atoms with Crippen LogP contribution in [0, 0.1) is 17.5 Å². The smallest absolute Gasteiger partial charge is 0.283 e. The van der Waals surface area contributed by atoms with E-state index >= 15 is 8.78 Å². The number of H-pyrrole nitrogens is 1. The molecule has 5 rings (SSSR count). The van der Waals surface area contributed by atoms with Crippen LogP contribution in [0.3, 0.4) is 0 Å². The highest BCUT2D eigenvalue weighted by atomic mass is 19.3. The van der Waals surface area contributed by atoms with Crippen molar-refractivity contribution >= 4 is 16.6 Å². The van der Waals surface area contributed by atoms with Crippen molar-refractivity contribution in [2.24, 2.45) is 0 Å². The van der Waals surface area contributed by atoms with E-state index in [1.54, 1.807) is 13.0 Å². The van der Waals surface area contributed by atoms with E-state index in [4.69, 9.17) is 0 Å². The standard InChI is InChI=1S/C27H30F6N4O/c1-15-7-20-19-4-3-16(29)8-23(19)35-25(20)26(37(15)13-27(32,33)14-38)24-21(30)9-17(10-22(24)31)34-18-11-36(12-18)6-2-5-28/h3-4,8-10,15,18,26,34-35,38H,2,5-7,11-14H2,1H3/t15-,26-/m0/s1. The second-order valence-electron chi connectivity index (χ2n) is 10.3. The van der Waals surface area contributed by atoms with Crippen molar-refractivity contribution in [2.45, 2.75) is 43.8 Å². The lowest BCUT2D eigenvalue weighted by atomic mass is 9.87. The zero-order valence-corrected chi connectivity index (χ0v) is 20.9. The number of benzene rings is 2. The molecule has 2 aromatic carbocycles. The fourth-order valence-corrected chi connectivity index (χ4v) is 5.70. The maximum atomic E-state index is 15.7. The van der Waals surface area contributed by atoms with E-state index in [0.29, 0.717) is 54.6 Å². The van der Waals surface area contributed by atoms with Crippen LogP contribution in [0.2, 0.25) is 0 Å². The maximum absolute atomic E-state index is 15.7. The molecule has 1 aromatic heterocycles. The van der Waals surface area contributed by atoms with Gasteiger partial charge in [-0.25, -0.2) is 22.0 Å². The average Bonchev–Trinajstić information content (AvgIpc) is 3.18. The third-order valence-corrected chi connectivity index (χ3v) is 7.51. The number of alkyl halides is 3. The summed E-state index contributed by atoms with van der Waals surface area (Å²) in [6, 6.07) is 4.53. The number of fused-ring (bicyclic) bond motifs is 3. The number of rotatable bonds is 9. The first kappa shape index (κ1) is 26.8. The quantitative estimate of drug-likeness (QED) is 0.335. The molecule has 0 saturated carbocycles. The van der Waals surface area contributed by atoms with Gasteiger partial charge in [-0.1, -0.05) is 0 Å². The van der Waals surface area contributed by atoms with Gasteiger partial charge in [-0.2, -0.15) is 0 Å². The first-order valence-electron chi connectivity index (χ1n) is 12.7. The van der Waals surface area contributed by atoms with Gasteiger partial charge in [-0.05, 0) is 55.7 Å². The first-order chi connectivity index (χ1) is 18.1. The van der Waals surface area contributed by atoms with Crippen LogP contribution in [-0.4, -0.2) is 77.4 Å². The number of aliphatic hydroxyl groups is 1. The molecule has 5 nitrogen and oxygen atoms in total. The zero-order valence-electron chi connectivity index (χ0n) is 20.9. The summed E-state index contributed by atoms with van der Waals surface area (Å²) in [4.78, 5) is 6.34. The van der Waals surface area contributed by atoms with E-state index in [1.807, 2.05) is 4.90 Å². The molecule has 2 aliphatic rings. The molecular formula is C27H30F6N4O. The second-order valence-corrected chi connectivity index (χ2v) is 10.3. The Balaban J connectivity index is 1.52. The van der Waals surface area contributed by atoms with Crippen LogP contribution in [-0.2, 0) is 6.42 Å². The largest absolute Gasteiger partial charge is 0.390 e. The van der Waals surface area contributed by atoms with Crippen molar-refractivity contribution in [1.82, 2.24) is 14.8 Å². The van der Waals surface area contributed by atoms with Crippen molar-refractivity contribution in [1.29, 1.82) is 0 Å². The maximum Gasteiger partial charge on any atom is 0.283 e. The van der Waals surface area contributed by atoms with Gasteiger partial charge in [-0.15, -0.1) is 0 Å². The fourth-order valence-electron chi connectivity index (χ4n) is 5.70. The van der Waals surface area contributed by atoms with Gasteiger partial charge < -0.3 is 15.4 Å². The molecule has 0 amide bonds. The van der Waals surface area contributed by atoms with Gasteiger partial charge >= 0.3 is 0 Å². The second kappa shape index (κ2) is 10.4. The minimum absolute atomic E-state index is 0.0519. The number of halogens is 6. The van der Waals surface area contributed by atoms with Crippen molar-refractivity contribution in [3.05, 3.63) is 64.6 Å². The Bertz CT molecular complexity index is 1290. The molecule has 3 heterocycles. The van der Waals surface area contributed by atoms with Crippen LogP contribution in [0.4, 0.5) is 32.0 Å². The number of likely N-dealkylation sites (tertiary alicyclic amines) is 1. The molecule has 1 fully saturated rings. The zero-order chi connectivity index (χ0) is 27.2. The number of aliphatic hydroxyl groups excluding tert-OH is 1. The summed E-state index contributed by atoms with van der Waals surface area (Å²) in [5.41, 5.74) is 1.23. The predicted octanol–water partition coefficient (Wildman–Crippen LogP) is 5.00. The number of aromatic nitrogens is 1. The summed E-state index contributed by atoms with van der Waals surface area (Å²) in [5.74, 6) is -5.83. The number of hydrogen-bond donors (Lipinski definition) is 3. The third-order valence-electron chi connectivity index (χ3n) is 7.51. The number of nitrogens with one attached hydrogen (secondary N) is 2. The molecular weight excluding hydrogens is 510 g/mol. The summed E-state index contributed by atoms with van der Waals surface area (Å²) in [6.07, 6.45) is 0.723. The highest BCUT2D eigenvalue weighted by molar-refractivity contribution is 5.85. The van der Waals surface area contributed by atoms with Crippen molar-refractivity contribution in [2.75, 3.05) is 44.8 Å². The van der Waals surface area contributed by atoms with Crippen LogP contribution in [0.1, 0.15) is 36.2 Å². The van der Waals surface area contributed by atoms with Crippen LogP contribution in [0.5, 0.6) is 0 Å². The van der Waals surface area contributed by atoms with Crippen molar-refractivity contribution in [3.63, 3.8) is 0 Å². The fraction of sp³-hybridized carbons (Fsp3) is 0.481. The number of aromatic amines is 1. The first-order valence-corrected chi connectivity index (χ1v) is 12.7. The van der Waals surface area contributed by atoms with E-state index in [0.717, 1.165) is 12.1 Å². The lowest BCUT2D eigenvalue weighted by Crippen LogP contribution is -2.54. The molecule has 2 aliphatic heterocycles. The number of hydrogen-bond acceptors (Lipinski definition) is 4. The Kier molecular flexibility index (Phi) is 7.36. The molecule has 3 aromatic rings. The Hall–Kier alpha value is -2.76. The lowest BCUT2D eigenvalue weighted by Gasteiger charge is -2.42. The molecule has 0 spiro atoms. The molecule has 2 atom stereocenters. The monoisotopic (exact) mass is 540 g/mol. The number of anilines is 1. The molecule has 206 valence electrons. The summed E-state index contributed by atoms with van der Waals surface area (Å²) in [5, 5.41) is 13.0. The molecule has 0 unspecified atom stereocenters. The highest BCUT2D eigenvalue weighted by Crippen LogP contribution is 2.44. The average molecular weight is 541 g/mol. The highest BCUT2D eigenvalue weighted by Gasteiger charge is 2.43. The van der Waals surface area contributed by atoms with Gasteiger partial charge in [0.1, 0.15) is 24.1 Å². The van der Waals surface area contributed by atoms with E-state index in [-0.39, 0.29) is 11.7 Å². The molecule has 0 aliphatic carbocycles. The van der Waals surface area contributed by atoms with E-state index in [9.17, 15) is 22.7 Å². The van der Waals surface area contributed by atoms with Crippen LogP contribution >= 0.6 is 0 Å². The Morgan fingerprint density at radius 1 is 1.11 bits per heavy atom. The minimum atomic E-state index is -3.51. The number of nitrogens with zero attached hydrogens (tertiary/aromatic N) is 2. The predicted molar refractivity (Wildman–Crippen MR) is 133 cm³/mol. The molecule has 3 N–H and O–H groups in total. The Morgan fingerprint density at radius 2 is 1.82 bits per heavy atom. The summed E-state index contributed by atoms with van der Waals surface area (Å²) in [7, 11) is 0. The molecule has 0 radical (unpaired) electrons. The van der Waals surface area contributed by atoms with Gasteiger partial charge in [0.15, 0.2) is 0 Å². The molecule has 38 heavy (non-hydrogen) atoms. The van der Waals surface area contributed by atoms with Crippen molar-refractivity contribution < 1.29 is 31.4 Å². The summed E-state index contributed by atoms with van der Waals surface area (Å²) in [6.45, 7) is 0.790. The SMILES string of the molecule is C[C@H]1Cc2c([nH]c3cc(F)ccc23)[C@H](c2c(F)cc(NC3CN(CCCF)C3)cc2F)N1CC(F)(F)CO. The Morgan fingerprint density at radius 3 is 2.47 bits per heavy atom. The lowest BCUT2D eigenvalue weighted by molar-refractivity contribution is -0.0869. The molecule has 1 saturated heterocycles. The van der Waals surface area contributed by atoms with E-state index < -0.39 is 60.8 Å². The molecule has 11 heteroatoms. The van der Waals surface area contributed by atoms with Gasteiger partial charge in [0.05, 0.1) is 25.3 Å². The normalized spacial score (nSPS) is 21.1. The summed E-state index contributed by atoms with van der Waals surface area (Å²) < 4.78 is 86.5. The van der Waals surface area contributed by atoms with Gasteiger partial charge in [0, 0.05) is 53.5 Å². The van der Waals surface area contributed by atoms with Gasteiger partial charge in [0.2, 0.25) is 0 Å². The van der Waals surface area contributed by atoms with E-state index in [1.165, 1.54) is 17.0 Å². The van der Waals surface area contributed by atoms with E-state index in [2.05, 4.69) is 10.3 Å². The van der Waals surface area contributed by atoms with Crippen LogP contribution < -0.4 is 5.32 Å². The third kappa shape index (κ3) is 5.11. The van der Waals surface area contributed by atoms with Crippen LogP contribution in [0.25, 0.3) is 10.9 Å². The van der Waals surface area contributed by atoms with Crippen LogP contribution in [0.15, 0.2) is 30.3 Å². The minimum Gasteiger partial charge on any atom is -0.390 e. The van der Waals surface area contributed by atoms with Gasteiger partial charge in [-0.3, -0.25) is 14.2 Å².